The van der Waals surface area contributed by atoms with Crippen LogP contribution in [-0.2, 0) is 19.9 Å². The molecule has 0 saturated heterocycles. The summed E-state index contributed by atoms with van der Waals surface area (Å²) in [6, 6.07) is 10.6. The second-order valence-corrected chi connectivity index (χ2v) is 8.46. The number of carbonyl (C=O) groups is 1. The summed E-state index contributed by atoms with van der Waals surface area (Å²) >= 11 is 0. The third-order valence-electron chi connectivity index (χ3n) is 3.00. The largest absolute Gasteiger partial charge is 0.366 e. The maximum atomic E-state index is 12.3. The molecule has 0 atom stereocenters. The van der Waals surface area contributed by atoms with Gasteiger partial charge in [-0.05, 0) is 36.4 Å². The quantitative estimate of drug-likeness (QED) is 0.829. The summed E-state index contributed by atoms with van der Waals surface area (Å²) in [7, 11) is -7.40. The molecule has 2 aromatic carbocycles. The number of benzene rings is 2. The van der Waals surface area contributed by atoms with Gasteiger partial charge in [-0.3, -0.25) is 9.52 Å². The SMILES string of the molecule is CS(=O)(=O)c1ccc(S(=O)(=O)Nc2ccccc2C(N)=O)cc1. The molecule has 7 nitrogen and oxygen atoms in total. The summed E-state index contributed by atoms with van der Waals surface area (Å²) in [4.78, 5) is 11.2. The van der Waals surface area contributed by atoms with E-state index in [4.69, 9.17) is 5.73 Å². The lowest BCUT2D eigenvalue weighted by Crippen LogP contribution is -2.18. The van der Waals surface area contributed by atoms with Crippen LogP contribution < -0.4 is 10.5 Å². The lowest BCUT2D eigenvalue weighted by molar-refractivity contribution is 0.100. The number of sulfonamides is 1. The summed E-state index contributed by atoms with van der Waals surface area (Å²) < 4.78 is 49.7. The first kappa shape index (κ1) is 17.0. The predicted octanol–water partition coefficient (Wildman–Crippen LogP) is 0.990. The van der Waals surface area contributed by atoms with E-state index < -0.39 is 25.8 Å². The van der Waals surface area contributed by atoms with Gasteiger partial charge in [-0.15, -0.1) is 0 Å². The molecule has 0 spiro atoms. The van der Waals surface area contributed by atoms with E-state index in [9.17, 15) is 21.6 Å². The smallest absolute Gasteiger partial charge is 0.261 e. The second kappa shape index (κ2) is 6.01. The van der Waals surface area contributed by atoms with Crippen LogP contribution >= 0.6 is 0 Å². The van der Waals surface area contributed by atoms with Gasteiger partial charge in [-0.1, -0.05) is 12.1 Å². The number of rotatable bonds is 5. The highest BCUT2D eigenvalue weighted by atomic mass is 32.2. The Morgan fingerprint density at radius 2 is 1.43 bits per heavy atom. The summed E-state index contributed by atoms with van der Waals surface area (Å²) in [6.45, 7) is 0. The number of primary amides is 1. The number of hydrogen-bond donors (Lipinski definition) is 2. The summed E-state index contributed by atoms with van der Waals surface area (Å²) in [5, 5.41) is 0. The summed E-state index contributed by atoms with van der Waals surface area (Å²) in [5.41, 5.74) is 5.28. The van der Waals surface area contributed by atoms with Crippen LogP contribution in [0.3, 0.4) is 0 Å². The molecule has 9 heteroatoms. The first-order valence-electron chi connectivity index (χ1n) is 6.33. The van der Waals surface area contributed by atoms with Crippen LogP contribution in [0.25, 0.3) is 0 Å². The molecule has 122 valence electrons. The molecule has 0 aliphatic heterocycles. The highest BCUT2D eigenvalue weighted by Crippen LogP contribution is 2.21. The third kappa shape index (κ3) is 3.88. The number of nitrogens with one attached hydrogen (secondary N) is 1. The van der Waals surface area contributed by atoms with Gasteiger partial charge in [0.05, 0.1) is 21.0 Å². The van der Waals surface area contributed by atoms with Crippen LogP contribution in [-0.4, -0.2) is 29.0 Å². The average Bonchev–Trinajstić information content (AvgIpc) is 2.46. The number of amides is 1. The van der Waals surface area contributed by atoms with Crippen molar-refractivity contribution in [2.45, 2.75) is 9.79 Å². The van der Waals surface area contributed by atoms with Gasteiger partial charge >= 0.3 is 0 Å². The Morgan fingerprint density at radius 3 is 1.96 bits per heavy atom. The van der Waals surface area contributed by atoms with Crippen LogP contribution in [0.5, 0.6) is 0 Å². The minimum atomic E-state index is -3.98. The molecule has 0 bridgehead atoms. The van der Waals surface area contributed by atoms with E-state index in [-0.39, 0.29) is 21.0 Å². The lowest BCUT2D eigenvalue weighted by Gasteiger charge is -2.11. The molecular formula is C14H14N2O5S2. The Kier molecular flexibility index (Phi) is 4.44. The van der Waals surface area contributed by atoms with Gasteiger partial charge in [0.25, 0.3) is 15.9 Å². The normalized spacial score (nSPS) is 11.9. The molecule has 2 rings (SSSR count). The van der Waals surface area contributed by atoms with Crippen molar-refractivity contribution in [1.29, 1.82) is 0 Å². The highest BCUT2D eigenvalue weighted by molar-refractivity contribution is 7.92. The van der Waals surface area contributed by atoms with Crippen LogP contribution in [0.15, 0.2) is 58.3 Å². The van der Waals surface area contributed by atoms with Crippen molar-refractivity contribution < 1.29 is 21.6 Å². The lowest BCUT2D eigenvalue weighted by atomic mass is 10.2. The van der Waals surface area contributed by atoms with Crippen LogP contribution in [0.2, 0.25) is 0 Å². The van der Waals surface area contributed by atoms with Crippen molar-refractivity contribution >= 4 is 31.5 Å². The zero-order valence-corrected chi connectivity index (χ0v) is 13.7. The van der Waals surface area contributed by atoms with Crippen molar-refractivity contribution in [3.05, 3.63) is 54.1 Å². The number of carbonyl (C=O) groups excluding carboxylic acids is 1. The minimum Gasteiger partial charge on any atom is -0.366 e. The first-order chi connectivity index (χ1) is 10.6. The molecule has 0 heterocycles. The molecule has 0 fully saturated rings. The van der Waals surface area contributed by atoms with Crippen molar-refractivity contribution in [2.24, 2.45) is 5.73 Å². The maximum absolute atomic E-state index is 12.3. The zero-order valence-electron chi connectivity index (χ0n) is 12.1. The molecule has 0 saturated carbocycles. The molecule has 0 unspecified atom stereocenters. The predicted molar refractivity (Wildman–Crippen MR) is 85.3 cm³/mol. The van der Waals surface area contributed by atoms with Gasteiger partial charge in [-0.25, -0.2) is 16.8 Å². The monoisotopic (exact) mass is 354 g/mol. The van der Waals surface area contributed by atoms with Gasteiger partial charge in [0.15, 0.2) is 9.84 Å². The van der Waals surface area contributed by atoms with Crippen molar-refractivity contribution in [1.82, 2.24) is 0 Å². The Labute approximate surface area is 134 Å². The van der Waals surface area contributed by atoms with Gasteiger partial charge < -0.3 is 5.73 Å². The number of sulfone groups is 1. The molecule has 3 N–H and O–H groups in total. The van der Waals surface area contributed by atoms with Crippen LogP contribution in [0.4, 0.5) is 5.69 Å². The summed E-state index contributed by atoms with van der Waals surface area (Å²) in [6.07, 6.45) is 1.03. The number of para-hydroxylation sites is 1. The molecule has 2 aromatic rings. The number of nitrogens with two attached hydrogens (primary N) is 1. The summed E-state index contributed by atoms with van der Waals surface area (Å²) in [5.74, 6) is -0.768. The third-order valence-corrected chi connectivity index (χ3v) is 5.51. The molecule has 0 aromatic heterocycles. The Bertz CT molecular complexity index is 949. The second-order valence-electron chi connectivity index (χ2n) is 4.76. The molecule has 0 aliphatic carbocycles. The Hall–Kier alpha value is -2.39. The molecule has 0 radical (unpaired) electrons. The van der Waals surface area contributed by atoms with Crippen LogP contribution in [0.1, 0.15) is 10.4 Å². The van der Waals surface area contributed by atoms with Crippen molar-refractivity contribution in [3.8, 4) is 0 Å². The van der Waals surface area contributed by atoms with Gasteiger partial charge in [0, 0.05) is 6.26 Å². The van der Waals surface area contributed by atoms with Gasteiger partial charge in [0.2, 0.25) is 0 Å². The highest BCUT2D eigenvalue weighted by Gasteiger charge is 2.18. The van der Waals surface area contributed by atoms with E-state index >= 15 is 0 Å². The van der Waals surface area contributed by atoms with E-state index in [1.807, 2.05) is 0 Å². The van der Waals surface area contributed by atoms with E-state index in [1.165, 1.54) is 36.4 Å². The zero-order chi connectivity index (χ0) is 17.3. The molecule has 23 heavy (non-hydrogen) atoms. The molecule has 0 aliphatic rings. The first-order valence-corrected chi connectivity index (χ1v) is 9.70. The van der Waals surface area contributed by atoms with Crippen LogP contribution in [0, 0.1) is 0 Å². The fourth-order valence-corrected chi connectivity index (χ4v) is 3.57. The van der Waals surface area contributed by atoms with E-state index in [1.54, 1.807) is 12.1 Å². The van der Waals surface area contributed by atoms with Crippen molar-refractivity contribution in [2.75, 3.05) is 11.0 Å². The average molecular weight is 354 g/mol. The standard InChI is InChI=1S/C14H14N2O5S2/c1-22(18,19)10-6-8-11(9-7-10)23(20,21)16-13-5-3-2-4-12(13)14(15)17/h2-9,16H,1H3,(H2,15,17). The van der Waals surface area contributed by atoms with E-state index in [0.29, 0.717) is 0 Å². The fourth-order valence-electron chi connectivity index (χ4n) is 1.86. The van der Waals surface area contributed by atoms with Gasteiger partial charge in [-0.2, -0.15) is 0 Å². The molecule has 1 amide bonds. The fraction of sp³-hybridized carbons (Fsp3) is 0.0714. The maximum Gasteiger partial charge on any atom is 0.261 e. The Balaban J connectivity index is 2.39. The number of anilines is 1. The minimum absolute atomic E-state index is 0.00832. The van der Waals surface area contributed by atoms with E-state index in [0.717, 1.165) is 6.26 Å². The number of hydrogen-bond acceptors (Lipinski definition) is 5. The van der Waals surface area contributed by atoms with Crippen molar-refractivity contribution in [3.63, 3.8) is 0 Å². The van der Waals surface area contributed by atoms with E-state index in [2.05, 4.69) is 4.72 Å². The topological polar surface area (TPSA) is 123 Å². The Morgan fingerprint density at radius 1 is 0.913 bits per heavy atom. The van der Waals surface area contributed by atoms with Gasteiger partial charge in [0.1, 0.15) is 0 Å². The molecular weight excluding hydrogens is 340 g/mol.